The lowest BCUT2D eigenvalue weighted by atomic mass is 9.79. The lowest BCUT2D eigenvalue weighted by Crippen LogP contribution is -2.41. The van der Waals surface area contributed by atoms with Crippen LogP contribution >= 0.6 is 11.3 Å². The lowest BCUT2D eigenvalue weighted by molar-refractivity contribution is -0.117. The molecule has 2 heterocycles. The summed E-state index contributed by atoms with van der Waals surface area (Å²) < 4.78 is 13.2. The minimum atomic E-state index is -0.398. The second kappa shape index (κ2) is 5.28. The Balaban J connectivity index is 1.58. The van der Waals surface area contributed by atoms with Gasteiger partial charge in [0.25, 0.3) is 0 Å². The summed E-state index contributed by atoms with van der Waals surface area (Å²) in [4.78, 5) is 16.4. The Hall–Kier alpha value is -1.44. The van der Waals surface area contributed by atoms with E-state index in [1.807, 2.05) is 45.9 Å². The summed E-state index contributed by atoms with van der Waals surface area (Å²) in [7, 11) is -0.398. The number of nitrogens with one attached hydrogen (secondary N) is 1. The van der Waals surface area contributed by atoms with Gasteiger partial charge in [-0.1, -0.05) is 17.4 Å². The molecule has 0 unspecified atom stereocenters. The van der Waals surface area contributed by atoms with E-state index < -0.39 is 7.12 Å². The molecule has 2 aromatic rings. The Morgan fingerprint density at radius 1 is 1.25 bits per heavy atom. The zero-order valence-electron chi connectivity index (χ0n) is 14.4. The van der Waals surface area contributed by atoms with Gasteiger partial charge in [0.1, 0.15) is 0 Å². The molecule has 1 N–H and O–H groups in total. The number of anilines is 1. The van der Waals surface area contributed by atoms with Crippen LogP contribution in [0.2, 0.25) is 0 Å². The Morgan fingerprint density at radius 2 is 1.92 bits per heavy atom. The van der Waals surface area contributed by atoms with Crippen LogP contribution in [0.1, 0.15) is 40.5 Å². The first-order valence-corrected chi connectivity index (χ1v) is 9.14. The second-order valence-electron chi connectivity index (χ2n) is 7.60. The molecular weight excluding hydrogens is 323 g/mol. The van der Waals surface area contributed by atoms with Crippen LogP contribution in [0.4, 0.5) is 5.13 Å². The molecule has 2 fully saturated rings. The number of carbonyl (C=O) groups is 1. The van der Waals surface area contributed by atoms with Gasteiger partial charge >= 0.3 is 7.12 Å². The number of hydrogen-bond acceptors (Lipinski definition) is 5. The van der Waals surface area contributed by atoms with Gasteiger partial charge in [0.15, 0.2) is 5.13 Å². The van der Waals surface area contributed by atoms with Gasteiger partial charge in [0, 0.05) is 5.92 Å². The topological polar surface area (TPSA) is 60.5 Å². The quantitative estimate of drug-likeness (QED) is 0.870. The SMILES string of the molecule is CC1(C)OB(c2ccc3sc(NC(=O)C4CC4)nc3c2)OC1(C)C. The Kier molecular flexibility index (Phi) is 3.53. The summed E-state index contributed by atoms with van der Waals surface area (Å²) in [6, 6.07) is 6.01. The highest BCUT2D eigenvalue weighted by Crippen LogP contribution is 2.37. The number of amides is 1. The predicted octanol–water partition coefficient (Wildman–Crippen LogP) is 2.94. The number of benzene rings is 1. The molecule has 1 saturated carbocycles. The number of nitrogens with zero attached hydrogens (tertiary/aromatic N) is 1. The number of hydrogen-bond donors (Lipinski definition) is 1. The fraction of sp³-hybridized carbons (Fsp3) is 0.529. The maximum atomic E-state index is 11.9. The van der Waals surface area contributed by atoms with E-state index in [-0.39, 0.29) is 23.0 Å². The molecule has 1 saturated heterocycles. The van der Waals surface area contributed by atoms with Gasteiger partial charge in [-0.3, -0.25) is 4.79 Å². The largest absolute Gasteiger partial charge is 0.494 e. The number of carbonyl (C=O) groups excluding carboxylic acids is 1. The first-order chi connectivity index (χ1) is 11.2. The first kappa shape index (κ1) is 16.1. The summed E-state index contributed by atoms with van der Waals surface area (Å²) in [5, 5.41) is 3.57. The Morgan fingerprint density at radius 3 is 2.54 bits per heavy atom. The number of rotatable bonds is 3. The van der Waals surface area contributed by atoms with Gasteiger partial charge in [-0.05, 0) is 58.1 Å². The zero-order valence-corrected chi connectivity index (χ0v) is 15.2. The fourth-order valence-corrected chi connectivity index (χ4v) is 3.53. The van der Waals surface area contributed by atoms with E-state index in [0.29, 0.717) is 5.13 Å². The molecule has 24 heavy (non-hydrogen) atoms. The fourth-order valence-electron chi connectivity index (χ4n) is 2.68. The van der Waals surface area contributed by atoms with E-state index in [0.717, 1.165) is 28.5 Å². The van der Waals surface area contributed by atoms with Gasteiger partial charge in [0.05, 0.1) is 21.4 Å². The highest BCUT2D eigenvalue weighted by Gasteiger charge is 2.51. The van der Waals surface area contributed by atoms with Gasteiger partial charge < -0.3 is 14.6 Å². The molecular formula is C17H21BN2O3S. The zero-order chi connectivity index (χ0) is 17.1. The third-order valence-corrected chi connectivity index (χ3v) is 6.07. The van der Waals surface area contributed by atoms with Crippen molar-refractivity contribution < 1.29 is 14.1 Å². The minimum Gasteiger partial charge on any atom is -0.399 e. The van der Waals surface area contributed by atoms with Gasteiger partial charge in [0.2, 0.25) is 5.91 Å². The van der Waals surface area contributed by atoms with Crippen LogP contribution in [0.25, 0.3) is 10.2 Å². The van der Waals surface area contributed by atoms with Crippen molar-refractivity contribution in [3.8, 4) is 0 Å². The number of fused-ring (bicyclic) bond motifs is 1. The van der Waals surface area contributed by atoms with E-state index in [1.54, 1.807) is 0 Å². The molecule has 5 nitrogen and oxygen atoms in total. The van der Waals surface area contributed by atoms with Gasteiger partial charge in [-0.15, -0.1) is 0 Å². The third kappa shape index (κ3) is 2.74. The maximum Gasteiger partial charge on any atom is 0.494 e. The highest BCUT2D eigenvalue weighted by molar-refractivity contribution is 7.22. The maximum absolute atomic E-state index is 11.9. The molecule has 1 aliphatic heterocycles. The van der Waals surface area contributed by atoms with Crippen LogP contribution in [0.3, 0.4) is 0 Å². The lowest BCUT2D eigenvalue weighted by Gasteiger charge is -2.32. The standard InChI is InChI=1S/C17H21BN2O3S/c1-16(2)17(3,4)23-18(22-16)11-7-8-13-12(9-11)19-15(24-13)20-14(21)10-5-6-10/h7-10H,5-6H2,1-4H3,(H,19,20,21). The normalized spacial score (nSPS) is 22.1. The summed E-state index contributed by atoms with van der Waals surface area (Å²) in [6.45, 7) is 8.17. The van der Waals surface area contributed by atoms with Gasteiger partial charge in [-0.2, -0.15) is 0 Å². The Bertz CT molecular complexity index is 797. The second-order valence-corrected chi connectivity index (χ2v) is 8.63. The van der Waals surface area contributed by atoms with Gasteiger partial charge in [-0.25, -0.2) is 4.98 Å². The average Bonchev–Trinajstić information content (AvgIpc) is 3.21. The van der Waals surface area contributed by atoms with E-state index in [2.05, 4.69) is 10.3 Å². The number of thiazole rings is 1. The van der Waals surface area contributed by atoms with E-state index in [1.165, 1.54) is 11.3 Å². The highest BCUT2D eigenvalue weighted by atomic mass is 32.1. The summed E-state index contributed by atoms with van der Waals surface area (Å²) in [5.41, 5.74) is 1.08. The number of aromatic nitrogens is 1. The molecule has 7 heteroatoms. The monoisotopic (exact) mass is 344 g/mol. The smallest absolute Gasteiger partial charge is 0.399 e. The minimum absolute atomic E-state index is 0.0836. The molecule has 0 spiro atoms. The van der Waals surface area contributed by atoms with E-state index in [9.17, 15) is 4.79 Å². The molecule has 4 rings (SSSR count). The van der Waals surface area contributed by atoms with Crippen LogP contribution in [-0.2, 0) is 14.1 Å². The Labute approximate surface area is 145 Å². The molecule has 1 amide bonds. The van der Waals surface area contributed by atoms with E-state index >= 15 is 0 Å². The molecule has 0 atom stereocenters. The van der Waals surface area contributed by atoms with Crippen molar-refractivity contribution in [1.29, 1.82) is 0 Å². The molecule has 0 radical (unpaired) electrons. The van der Waals surface area contributed by atoms with Crippen LogP contribution < -0.4 is 10.8 Å². The van der Waals surface area contributed by atoms with Crippen molar-refractivity contribution in [2.75, 3.05) is 5.32 Å². The van der Waals surface area contributed by atoms with Crippen molar-refractivity contribution in [2.45, 2.75) is 51.7 Å². The molecule has 0 bridgehead atoms. The summed E-state index contributed by atoms with van der Waals surface area (Å²) in [6.07, 6.45) is 1.98. The summed E-state index contributed by atoms with van der Waals surface area (Å²) >= 11 is 1.50. The van der Waals surface area contributed by atoms with Crippen LogP contribution in [0, 0.1) is 5.92 Å². The van der Waals surface area contributed by atoms with Crippen molar-refractivity contribution in [2.24, 2.45) is 5.92 Å². The average molecular weight is 344 g/mol. The van der Waals surface area contributed by atoms with Crippen LogP contribution in [-0.4, -0.2) is 29.2 Å². The van der Waals surface area contributed by atoms with Crippen molar-refractivity contribution in [3.05, 3.63) is 18.2 Å². The molecule has 126 valence electrons. The molecule has 2 aliphatic rings. The van der Waals surface area contributed by atoms with E-state index in [4.69, 9.17) is 9.31 Å². The van der Waals surface area contributed by atoms with Crippen LogP contribution in [0.5, 0.6) is 0 Å². The predicted molar refractivity (Wildman–Crippen MR) is 96.7 cm³/mol. The van der Waals surface area contributed by atoms with Crippen molar-refractivity contribution >= 4 is 45.2 Å². The third-order valence-electron chi connectivity index (χ3n) is 5.12. The van der Waals surface area contributed by atoms with Crippen molar-refractivity contribution in [3.63, 3.8) is 0 Å². The molecule has 1 aromatic carbocycles. The van der Waals surface area contributed by atoms with Crippen LogP contribution in [0.15, 0.2) is 18.2 Å². The molecule has 1 aromatic heterocycles. The van der Waals surface area contributed by atoms with Crippen molar-refractivity contribution in [1.82, 2.24) is 4.98 Å². The molecule has 1 aliphatic carbocycles. The first-order valence-electron chi connectivity index (χ1n) is 8.32. The summed E-state index contributed by atoms with van der Waals surface area (Å²) in [5.74, 6) is 0.262.